The number of hydrogen-bond acceptors (Lipinski definition) is 3. The third kappa shape index (κ3) is 4.89. The topological polar surface area (TPSA) is 15.3 Å². The average Bonchev–Trinajstić information content (AvgIpc) is 3.32. The molecular weight excluding hydrogens is 515 g/mol. The van der Waals surface area contributed by atoms with E-state index in [0.29, 0.717) is 0 Å². The van der Waals surface area contributed by atoms with Gasteiger partial charge in [-0.05, 0) is 0 Å². The van der Waals surface area contributed by atoms with Gasteiger partial charge in [-0.25, -0.2) is 0 Å². The number of nitrogens with one attached hydrogen (secondary N) is 1. The van der Waals surface area contributed by atoms with E-state index in [9.17, 15) is 0 Å². The number of anilines is 5. The van der Waals surface area contributed by atoms with Gasteiger partial charge < -0.3 is 0 Å². The number of benzene rings is 2. The Labute approximate surface area is 202 Å². The minimum absolute atomic E-state index is 1.19. The molecule has 4 heteroatoms. The molecule has 0 amide bonds. The van der Waals surface area contributed by atoms with E-state index in [0.717, 1.165) is 0 Å². The first-order valence-corrected chi connectivity index (χ1v) is 20.9. The Kier molecular flexibility index (Phi) is 8.22. The molecule has 0 fully saturated rings. The zero-order valence-corrected chi connectivity index (χ0v) is 23.7. The van der Waals surface area contributed by atoms with Crippen molar-refractivity contribution in [1.29, 1.82) is 0 Å². The van der Waals surface area contributed by atoms with Gasteiger partial charge in [-0.3, -0.25) is 0 Å². The van der Waals surface area contributed by atoms with Gasteiger partial charge in [-0.1, -0.05) is 0 Å². The van der Waals surface area contributed by atoms with Gasteiger partial charge in [-0.2, -0.15) is 0 Å². The van der Waals surface area contributed by atoms with Crippen molar-refractivity contribution in [2.45, 2.75) is 72.6 Å². The summed E-state index contributed by atoms with van der Waals surface area (Å²) < 4.78 is 6.39. The van der Waals surface area contributed by atoms with E-state index in [2.05, 4.69) is 103 Å². The van der Waals surface area contributed by atoms with Crippen LogP contribution in [0.3, 0.4) is 0 Å². The fourth-order valence-electron chi connectivity index (χ4n) is 5.08. The normalized spacial score (nSPS) is 12.9. The maximum absolute atomic E-state index is 3.64. The summed E-state index contributed by atoms with van der Waals surface area (Å²) in [6.07, 6.45) is 8.22. The molecule has 2 heterocycles. The molecule has 1 aliphatic heterocycles. The molecule has 0 bridgehead atoms. The summed E-state index contributed by atoms with van der Waals surface area (Å²) in [4.78, 5) is 2.49. The zero-order valence-electron chi connectivity index (χ0n) is 20.0. The summed E-state index contributed by atoms with van der Waals surface area (Å²) in [6.45, 7) is 7.10. The Morgan fingerprint density at radius 1 is 0.688 bits per heavy atom. The molecule has 1 aromatic heterocycles. The van der Waals surface area contributed by atoms with Crippen LogP contribution in [0.15, 0.2) is 60.7 Å². The molecule has 0 unspecified atom stereocenters. The molecule has 0 saturated carbocycles. The van der Waals surface area contributed by atoms with Crippen molar-refractivity contribution >= 4 is 60.4 Å². The number of unbranched alkanes of at least 4 members (excludes halogenated alkanes) is 3. The first kappa shape index (κ1) is 23.7. The Hall–Kier alpha value is -1.46. The van der Waals surface area contributed by atoms with E-state index in [-0.39, 0.29) is 0 Å². The second-order valence-corrected chi connectivity index (χ2v) is 24.4. The first-order chi connectivity index (χ1) is 15.7. The Bertz CT molecular complexity index is 945. The summed E-state index contributed by atoms with van der Waals surface area (Å²) in [5.41, 5.74) is 4.91. The van der Waals surface area contributed by atoms with E-state index in [1.165, 1.54) is 79.6 Å². The molecule has 1 N–H and O–H groups in total. The van der Waals surface area contributed by atoms with Gasteiger partial charge in [0, 0.05) is 0 Å². The van der Waals surface area contributed by atoms with Crippen LogP contribution in [0.25, 0.3) is 0 Å². The minimum atomic E-state index is -2.41. The van der Waals surface area contributed by atoms with Crippen molar-refractivity contribution in [2.24, 2.45) is 0 Å². The SMILES string of the molecule is CCC[CH2][Sn]([CH2]CCC)([CH2]CCC)[c]1ccc(N2c3ccccc3Nc3ccccc32)s1. The second-order valence-electron chi connectivity index (χ2n) is 9.22. The fourth-order valence-corrected chi connectivity index (χ4v) is 25.2. The van der Waals surface area contributed by atoms with E-state index in [1.54, 1.807) is 2.89 Å². The quantitative estimate of drug-likeness (QED) is 0.186. The second kappa shape index (κ2) is 11.1. The molecule has 32 heavy (non-hydrogen) atoms. The van der Waals surface area contributed by atoms with Crippen LogP contribution in [0.5, 0.6) is 0 Å². The number of fused-ring (bicyclic) bond motifs is 2. The van der Waals surface area contributed by atoms with Crippen LogP contribution in [0, 0.1) is 0 Å². The zero-order chi connectivity index (χ0) is 22.4. The molecule has 0 atom stereocenters. The summed E-state index contributed by atoms with van der Waals surface area (Å²) >= 11 is -0.297. The standard InChI is InChI=1S/C16H11N2S.3C4H9.Sn/c1-3-8-14-12(6-1)17-13-7-2-4-9-15(13)18(14)16-10-5-11-19-16;3*1-3-4-2;/h1-10,17H;3*1,3-4H2,2H3;. The Morgan fingerprint density at radius 3 is 1.69 bits per heavy atom. The average molecular weight is 553 g/mol. The van der Waals surface area contributed by atoms with E-state index in [1.807, 2.05) is 0 Å². The number of thiophene rings is 1. The third-order valence-corrected chi connectivity index (χ3v) is 26.3. The summed E-state index contributed by atoms with van der Waals surface area (Å²) in [5.74, 6) is 0. The van der Waals surface area contributed by atoms with Crippen LogP contribution in [0.1, 0.15) is 59.3 Å². The predicted octanol–water partition coefficient (Wildman–Crippen LogP) is 9.33. The molecular formula is C28H38N2SSn. The van der Waals surface area contributed by atoms with E-state index >= 15 is 0 Å². The molecule has 2 aromatic carbocycles. The molecule has 0 saturated heterocycles. The van der Waals surface area contributed by atoms with Gasteiger partial charge in [0.1, 0.15) is 0 Å². The predicted molar refractivity (Wildman–Crippen MR) is 147 cm³/mol. The Morgan fingerprint density at radius 2 is 1.19 bits per heavy atom. The van der Waals surface area contributed by atoms with Gasteiger partial charge in [0.15, 0.2) is 0 Å². The van der Waals surface area contributed by atoms with E-state index in [4.69, 9.17) is 0 Å². The summed E-state index contributed by atoms with van der Waals surface area (Å²) in [7, 11) is 0. The molecule has 1 aliphatic rings. The van der Waals surface area contributed by atoms with Gasteiger partial charge >= 0.3 is 204 Å². The number of nitrogens with zero attached hydrogens (tertiary/aromatic N) is 1. The monoisotopic (exact) mass is 554 g/mol. The van der Waals surface area contributed by atoms with Gasteiger partial charge in [0.2, 0.25) is 0 Å². The van der Waals surface area contributed by atoms with Crippen LogP contribution >= 0.6 is 11.3 Å². The molecule has 0 radical (unpaired) electrons. The number of para-hydroxylation sites is 4. The maximum atomic E-state index is 3.64. The molecule has 0 aliphatic carbocycles. The first-order valence-electron chi connectivity index (χ1n) is 12.6. The number of hydrogen-bond donors (Lipinski definition) is 1. The van der Waals surface area contributed by atoms with Crippen LogP contribution in [-0.2, 0) is 0 Å². The van der Waals surface area contributed by atoms with Crippen molar-refractivity contribution in [3.05, 3.63) is 60.7 Å². The van der Waals surface area contributed by atoms with Crippen molar-refractivity contribution in [1.82, 2.24) is 0 Å². The van der Waals surface area contributed by atoms with Crippen LogP contribution < -0.4 is 13.1 Å². The molecule has 4 rings (SSSR count). The summed E-state index contributed by atoms with van der Waals surface area (Å²) in [6, 6.07) is 22.4. The molecule has 170 valence electrons. The molecule has 3 aromatic rings. The van der Waals surface area contributed by atoms with E-state index < -0.39 is 18.4 Å². The Balaban J connectivity index is 1.76. The van der Waals surface area contributed by atoms with Gasteiger partial charge in [0.25, 0.3) is 0 Å². The van der Waals surface area contributed by atoms with Crippen molar-refractivity contribution in [2.75, 3.05) is 10.2 Å². The molecule has 2 nitrogen and oxygen atoms in total. The number of rotatable bonds is 11. The van der Waals surface area contributed by atoms with Crippen molar-refractivity contribution < 1.29 is 0 Å². The molecule has 0 spiro atoms. The van der Waals surface area contributed by atoms with Crippen molar-refractivity contribution in [3.63, 3.8) is 0 Å². The van der Waals surface area contributed by atoms with Crippen molar-refractivity contribution in [3.8, 4) is 0 Å². The van der Waals surface area contributed by atoms with Crippen LogP contribution in [0.4, 0.5) is 27.8 Å². The fraction of sp³-hybridized carbons (Fsp3) is 0.429. The van der Waals surface area contributed by atoms with Gasteiger partial charge in [-0.15, -0.1) is 0 Å². The third-order valence-electron chi connectivity index (χ3n) is 6.92. The van der Waals surface area contributed by atoms with Gasteiger partial charge in [0.05, 0.1) is 0 Å². The van der Waals surface area contributed by atoms with Crippen LogP contribution in [-0.4, -0.2) is 18.4 Å². The van der Waals surface area contributed by atoms with Crippen LogP contribution in [0.2, 0.25) is 13.3 Å². The summed E-state index contributed by atoms with van der Waals surface area (Å²) in [5, 5.41) is 5.02.